The summed E-state index contributed by atoms with van der Waals surface area (Å²) in [6.07, 6.45) is 1.50. The summed E-state index contributed by atoms with van der Waals surface area (Å²) in [6.45, 7) is 4.17. The molecule has 0 aliphatic rings. The quantitative estimate of drug-likeness (QED) is 0.676. The topological polar surface area (TPSA) is 66.9 Å². The molecule has 0 aliphatic carbocycles. The molecule has 2 aromatic carbocycles. The van der Waals surface area contributed by atoms with Crippen molar-refractivity contribution in [2.45, 2.75) is 20.4 Å². The number of rotatable bonds is 5. The molecule has 0 saturated heterocycles. The maximum absolute atomic E-state index is 12.9. The molecule has 2 N–H and O–H groups in total. The molecule has 1 heterocycles. The highest BCUT2D eigenvalue weighted by atomic mass is 35.5. The number of hydrogen-bond donors (Lipinski definition) is 2. The molecule has 0 saturated carbocycles. The van der Waals surface area contributed by atoms with Crippen molar-refractivity contribution in [1.29, 1.82) is 0 Å². The van der Waals surface area contributed by atoms with E-state index in [1.165, 1.54) is 24.4 Å². The Kier molecular flexibility index (Phi) is 5.66. The van der Waals surface area contributed by atoms with Crippen LogP contribution in [0.15, 0.2) is 48.7 Å². The lowest BCUT2D eigenvalue weighted by molar-refractivity contribution is 0.0946. The first-order chi connectivity index (χ1) is 12.9. The Hall–Kier alpha value is -2.99. The Balaban J connectivity index is 1.71. The second kappa shape index (κ2) is 8.14. The van der Waals surface area contributed by atoms with E-state index in [0.717, 1.165) is 16.7 Å². The average molecular weight is 385 g/mol. The molecular formula is C20H18ClFN4O. The Morgan fingerprint density at radius 2 is 1.89 bits per heavy atom. The fraction of sp³-hybridized carbons (Fsp3) is 0.150. The summed E-state index contributed by atoms with van der Waals surface area (Å²) in [4.78, 5) is 20.7. The molecule has 5 nitrogen and oxygen atoms in total. The molecule has 7 heteroatoms. The number of halogens is 2. The van der Waals surface area contributed by atoms with E-state index in [4.69, 9.17) is 11.6 Å². The first-order valence-corrected chi connectivity index (χ1v) is 8.69. The smallest absolute Gasteiger partial charge is 0.270 e. The summed E-state index contributed by atoms with van der Waals surface area (Å²) >= 11 is 6.29. The summed E-state index contributed by atoms with van der Waals surface area (Å²) in [5, 5.41) is 6.38. The molecule has 0 atom stereocenters. The van der Waals surface area contributed by atoms with Crippen LogP contribution in [-0.4, -0.2) is 15.9 Å². The number of nitrogens with zero attached hydrogens (tertiary/aromatic N) is 2. The number of benzene rings is 2. The van der Waals surface area contributed by atoms with Crippen LogP contribution in [0.3, 0.4) is 0 Å². The Labute approximate surface area is 161 Å². The van der Waals surface area contributed by atoms with Crippen molar-refractivity contribution in [2.24, 2.45) is 0 Å². The second-order valence-corrected chi connectivity index (χ2v) is 6.55. The number of aryl methyl sites for hydroxylation is 2. The van der Waals surface area contributed by atoms with E-state index < -0.39 is 0 Å². The predicted octanol–water partition coefficient (Wildman–Crippen LogP) is 4.56. The van der Waals surface area contributed by atoms with Gasteiger partial charge < -0.3 is 10.6 Å². The van der Waals surface area contributed by atoms with Gasteiger partial charge in [0, 0.05) is 12.7 Å². The molecule has 0 bridgehead atoms. The van der Waals surface area contributed by atoms with Gasteiger partial charge in [-0.15, -0.1) is 0 Å². The molecular weight excluding hydrogens is 367 g/mol. The monoisotopic (exact) mass is 384 g/mol. The van der Waals surface area contributed by atoms with E-state index >= 15 is 0 Å². The minimum absolute atomic E-state index is 0.218. The molecule has 0 radical (unpaired) electrons. The van der Waals surface area contributed by atoms with Crippen LogP contribution >= 0.6 is 11.6 Å². The van der Waals surface area contributed by atoms with Gasteiger partial charge in [-0.3, -0.25) is 4.79 Å². The molecule has 0 aliphatic heterocycles. The largest absolute Gasteiger partial charge is 0.347 e. The summed E-state index contributed by atoms with van der Waals surface area (Å²) in [5.41, 5.74) is 3.72. The standard InChI is InChI=1S/C20H18ClFN4O/c1-12-9-13(2)18(16(21)10-12)26-20-23-8-7-17(25-20)19(27)24-11-14-3-5-15(22)6-4-14/h3-10H,11H2,1-2H3,(H,24,27)(H,23,25,26). The highest BCUT2D eigenvalue weighted by molar-refractivity contribution is 6.33. The fourth-order valence-corrected chi connectivity index (χ4v) is 2.97. The minimum Gasteiger partial charge on any atom is -0.347 e. The zero-order chi connectivity index (χ0) is 19.4. The van der Waals surface area contributed by atoms with Gasteiger partial charge >= 0.3 is 0 Å². The number of amides is 1. The first-order valence-electron chi connectivity index (χ1n) is 8.32. The Morgan fingerprint density at radius 3 is 2.59 bits per heavy atom. The number of carbonyl (C=O) groups is 1. The van der Waals surface area contributed by atoms with Gasteiger partial charge in [0.1, 0.15) is 11.5 Å². The molecule has 3 rings (SSSR count). The zero-order valence-corrected chi connectivity index (χ0v) is 15.6. The van der Waals surface area contributed by atoms with E-state index in [0.29, 0.717) is 10.7 Å². The van der Waals surface area contributed by atoms with Crippen LogP contribution < -0.4 is 10.6 Å². The number of aromatic nitrogens is 2. The predicted molar refractivity (Wildman–Crippen MR) is 104 cm³/mol. The van der Waals surface area contributed by atoms with Crippen molar-refractivity contribution >= 4 is 29.1 Å². The molecule has 3 aromatic rings. The second-order valence-electron chi connectivity index (χ2n) is 6.14. The van der Waals surface area contributed by atoms with Crippen LogP contribution in [0.4, 0.5) is 16.0 Å². The summed E-state index contributed by atoms with van der Waals surface area (Å²) in [5.74, 6) is -0.392. The van der Waals surface area contributed by atoms with Gasteiger partial charge in [-0.1, -0.05) is 29.8 Å². The first kappa shape index (κ1) is 18.8. The van der Waals surface area contributed by atoms with Gasteiger partial charge in [0.05, 0.1) is 10.7 Å². The lowest BCUT2D eigenvalue weighted by Crippen LogP contribution is -2.24. The van der Waals surface area contributed by atoms with Gasteiger partial charge in [-0.2, -0.15) is 0 Å². The molecule has 0 fully saturated rings. The van der Waals surface area contributed by atoms with Gasteiger partial charge in [0.15, 0.2) is 0 Å². The highest BCUT2D eigenvalue weighted by Gasteiger charge is 2.11. The molecule has 27 heavy (non-hydrogen) atoms. The number of hydrogen-bond acceptors (Lipinski definition) is 4. The summed E-state index contributed by atoms with van der Waals surface area (Å²) in [7, 11) is 0. The normalized spacial score (nSPS) is 10.5. The fourth-order valence-electron chi connectivity index (χ4n) is 2.61. The van der Waals surface area contributed by atoms with E-state index in [1.807, 2.05) is 26.0 Å². The zero-order valence-electron chi connectivity index (χ0n) is 14.9. The molecule has 138 valence electrons. The third kappa shape index (κ3) is 4.80. The van der Waals surface area contributed by atoms with Gasteiger partial charge in [0.25, 0.3) is 5.91 Å². The molecule has 0 unspecified atom stereocenters. The van der Waals surface area contributed by atoms with Crippen molar-refractivity contribution in [3.8, 4) is 0 Å². The maximum atomic E-state index is 12.9. The van der Waals surface area contributed by atoms with Gasteiger partial charge in [0.2, 0.25) is 5.95 Å². The average Bonchev–Trinajstić information content (AvgIpc) is 2.64. The lowest BCUT2D eigenvalue weighted by atomic mass is 10.1. The minimum atomic E-state index is -0.350. The molecule has 0 spiro atoms. The van der Waals surface area contributed by atoms with Crippen molar-refractivity contribution in [3.05, 3.63) is 81.9 Å². The number of anilines is 2. The lowest BCUT2D eigenvalue weighted by Gasteiger charge is -2.12. The van der Waals surface area contributed by atoms with Crippen LogP contribution in [0, 0.1) is 19.7 Å². The third-order valence-corrected chi connectivity index (χ3v) is 4.22. The van der Waals surface area contributed by atoms with Crippen LogP contribution in [-0.2, 0) is 6.54 Å². The van der Waals surface area contributed by atoms with Crippen molar-refractivity contribution in [3.63, 3.8) is 0 Å². The van der Waals surface area contributed by atoms with Crippen molar-refractivity contribution < 1.29 is 9.18 Å². The van der Waals surface area contributed by atoms with Crippen LogP contribution in [0.1, 0.15) is 27.2 Å². The van der Waals surface area contributed by atoms with Gasteiger partial charge in [-0.25, -0.2) is 14.4 Å². The van der Waals surface area contributed by atoms with E-state index in [1.54, 1.807) is 12.1 Å². The van der Waals surface area contributed by atoms with E-state index in [9.17, 15) is 9.18 Å². The maximum Gasteiger partial charge on any atom is 0.270 e. The van der Waals surface area contributed by atoms with Crippen LogP contribution in [0.2, 0.25) is 5.02 Å². The van der Waals surface area contributed by atoms with Crippen molar-refractivity contribution in [2.75, 3.05) is 5.32 Å². The third-order valence-electron chi connectivity index (χ3n) is 3.92. The highest BCUT2D eigenvalue weighted by Crippen LogP contribution is 2.29. The summed E-state index contributed by atoms with van der Waals surface area (Å²) in [6, 6.07) is 11.3. The van der Waals surface area contributed by atoms with Gasteiger partial charge in [-0.05, 0) is 54.8 Å². The Morgan fingerprint density at radius 1 is 1.15 bits per heavy atom. The van der Waals surface area contributed by atoms with E-state index in [-0.39, 0.29) is 29.9 Å². The Bertz CT molecular complexity index is 953. The molecule has 1 amide bonds. The van der Waals surface area contributed by atoms with E-state index in [2.05, 4.69) is 20.6 Å². The van der Waals surface area contributed by atoms with Crippen LogP contribution in [0.25, 0.3) is 0 Å². The number of carbonyl (C=O) groups excluding carboxylic acids is 1. The SMILES string of the molecule is Cc1cc(C)c(Nc2nccc(C(=O)NCc3ccc(F)cc3)n2)c(Cl)c1. The van der Waals surface area contributed by atoms with Crippen LogP contribution in [0.5, 0.6) is 0 Å². The van der Waals surface area contributed by atoms with Crippen molar-refractivity contribution in [1.82, 2.24) is 15.3 Å². The molecule has 1 aromatic heterocycles. The summed E-state index contributed by atoms with van der Waals surface area (Å²) < 4.78 is 12.9. The number of nitrogens with one attached hydrogen (secondary N) is 2.